The molecule has 2 rings (SSSR count). The van der Waals surface area contributed by atoms with Crippen molar-refractivity contribution >= 4 is 45.4 Å². The number of methoxy groups -OCH3 is 1. The van der Waals surface area contributed by atoms with E-state index in [-0.39, 0.29) is 35.6 Å². The highest BCUT2D eigenvalue weighted by Crippen LogP contribution is 2.15. The van der Waals surface area contributed by atoms with Gasteiger partial charge in [-0.1, -0.05) is 12.1 Å². The highest BCUT2D eigenvalue weighted by Gasteiger charge is 2.25. The number of Topliss-reactive ketones (excluding diaryl/α,β-unsaturated/α-hetero) is 1. The summed E-state index contributed by atoms with van der Waals surface area (Å²) in [4.78, 5) is 51.2. The molecule has 1 heterocycles. The van der Waals surface area contributed by atoms with Gasteiger partial charge in [0.05, 0.1) is 30.9 Å². The van der Waals surface area contributed by atoms with E-state index in [0.29, 0.717) is 5.75 Å². The van der Waals surface area contributed by atoms with Crippen LogP contribution in [0.5, 0.6) is 0 Å². The molecule has 0 radical (unpaired) electrons. The Balaban J connectivity index is 2.01. The summed E-state index contributed by atoms with van der Waals surface area (Å²) in [5, 5.41) is 11.5. The highest BCUT2D eigenvalue weighted by molar-refractivity contribution is 7.99. The van der Waals surface area contributed by atoms with Gasteiger partial charge in [0.1, 0.15) is 10.7 Å². The number of benzene rings is 1. The third kappa shape index (κ3) is 10.3. The van der Waals surface area contributed by atoms with E-state index in [2.05, 4.69) is 19.8 Å². The number of rotatable bonds is 15. The summed E-state index contributed by atoms with van der Waals surface area (Å²) in [6.07, 6.45) is 1.63. The maximum absolute atomic E-state index is 13.0. The van der Waals surface area contributed by atoms with Crippen LogP contribution in [0, 0.1) is 5.82 Å². The number of thioether (sulfide) groups is 1. The van der Waals surface area contributed by atoms with E-state index in [1.165, 1.54) is 31.0 Å². The van der Waals surface area contributed by atoms with Gasteiger partial charge in [0.2, 0.25) is 10.0 Å². The van der Waals surface area contributed by atoms with Crippen LogP contribution in [-0.4, -0.2) is 67.6 Å². The van der Waals surface area contributed by atoms with Gasteiger partial charge in [0.25, 0.3) is 5.91 Å². The summed E-state index contributed by atoms with van der Waals surface area (Å²) in [6.45, 7) is -0.0569. The number of ketones is 1. The van der Waals surface area contributed by atoms with E-state index in [4.69, 9.17) is 0 Å². The molecule has 3 N–H and O–H groups in total. The fourth-order valence-corrected chi connectivity index (χ4v) is 4.92. The number of carbonyl (C=O) groups excluding carboxylic acids is 3. The Hall–Kier alpha value is -3.36. The minimum absolute atomic E-state index is 0.0148. The average molecular weight is 556 g/mol. The summed E-state index contributed by atoms with van der Waals surface area (Å²) in [5.74, 6) is -3.36. The molecule has 0 aliphatic carbocycles. The van der Waals surface area contributed by atoms with E-state index in [0.717, 1.165) is 24.0 Å². The monoisotopic (exact) mass is 555 g/mol. The van der Waals surface area contributed by atoms with Crippen LogP contribution in [0.3, 0.4) is 0 Å². The van der Waals surface area contributed by atoms with Crippen molar-refractivity contribution in [3.63, 3.8) is 0 Å². The Morgan fingerprint density at radius 3 is 2.51 bits per heavy atom. The number of sulfonamides is 1. The van der Waals surface area contributed by atoms with E-state index < -0.39 is 51.9 Å². The molecule has 200 valence electrons. The van der Waals surface area contributed by atoms with Crippen LogP contribution < -0.4 is 10.0 Å². The number of ether oxygens (including phenoxy) is 1. The van der Waals surface area contributed by atoms with Gasteiger partial charge < -0.3 is 15.2 Å². The van der Waals surface area contributed by atoms with Crippen LogP contribution in [0.2, 0.25) is 0 Å². The van der Waals surface area contributed by atoms with Crippen molar-refractivity contribution in [2.45, 2.75) is 36.0 Å². The summed E-state index contributed by atoms with van der Waals surface area (Å²) >= 11 is 1.17. The molecule has 0 aliphatic rings. The number of carboxylic acid groups (broad SMARTS) is 1. The number of hydrogen-bond donors (Lipinski definition) is 3. The van der Waals surface area contributed by atoms with E-state index in [1.807, 2.05) is 0 Å². The lowest BCUT2D eigenvalue weighted by molar-refractivity contribution is -0.141. The first-order valence-corrected chi connectivity index (χ1v) is 13.5. The summed E-state index contributed by atoms with van der Waals surface area (Å²) in [6, 6.07) is 5.37. The minimum atomic E-state index is -4.06. The van der Waals surface area contributed by atoms with E-state index >= 15 is 0 Å². The van der Waals surface area contributed by atoms with Crippen LogP contribution in [0.15, 0.2) is 47.6 Å². The second kappa shape index (κ2) is 14.4. The predicted molar refractivity (Wildman–Crippen MR) is 132 cm³/mol. The number of hydrogen-bond acceptors (Lipinski definition) is 9. The molecule has 0 saturated heterocycles. The van der Waals surface area contributed by atoms with Crippen LogP contribution >= 0.6 is 11.8 Å². The number of halogens is 1. The minimum Gasteiger partial charge on any atom is -0.481 e. The smallest absolute Gasteiger partial charge is 0.305 e. The maximum Gasteiger partial charge on any atom is 0.305 e. The molecule has 0 bridgehead atoms. The molecule has 0 fully saturated rings. The van der Waals surface area contributed by atoms with Gasteiger partial charge in [-0.05, 0) is 30.2 Å². The average Bonchev–Trinajstić information content (AvgIpc) is 2.87. The molecule has 0 spiro atoms. The van der Waals surface area contributed by atoms with Crippen molar-refractivity contribution in [2.75, 3.05) is 19.4 Å². The SMILES string of the molecule is COC(=O)CCCNS(=O)(=O)c1cncc(C(=O)N[C@@H](CC(=O)O)C(=O)CSCc2ccc(F)cc2)c1. The van der Waals surface area contributed by atoms with Gasteiger partial charge in [-0.3, -0.25) is 24.2 Å². The van der Waals surface area contributed by atoms with Crippen molar-refractivity contribution < 1.29 is 41.8 Å². The first-order valence-electron chi connectivity index (χ1n) is 10.9. The number of aromatic nitrogens is 1. The van der Waals surface area contributed by atoms with Gasteiger partial charge >= 0.3 is 11.9 Å². The van der Waals surface area contributed by atoms with Gasteiger partial charge in [-0.15, -0.1) is 11.8 Å². The quantitative estimate of drug-likeness (QED) is 0.216. The van der Waals surface area contributed by atoms with Gasteiger partial charge in [0.15, 0.2) is 5.78 Å². The fourth-order valence-electron chi connectivity index (χ4n) is 2.93. The number of nitrogens with one attached hydrogen (secondary N) is 2. The van der Waals surface area contributed by atoms with Crippen molar-refractivity contribution in [2.24, 2.45) is 0 Å². The van der Waals surface area contributed by atoms with Crippen molar-refractivity contribution in [3.05, 3.63) is 59.7 Å². The third-order valence-electron chi connectivity index (χ3n) is 4.86. The Kier molecular flexibility index (Phi) is 11.6. The molecule has 1 atom stereocenters. The molecular weight excluding hydrogens is 529 g/mol. The van der Waals surface area contributed by atoms with Crippen molar-refractivity contribution in [3.8, 4) is 0 Å². The zero-order chi connectivity index (χ0) is 27.4. The number of carboxylic acids is 1. The van der Waals surface area contributed by atoms with Gasteiger partial charge in [-0.25, -0.2) is 17.5 Å². The Morgan fingerprint density at radius 1 is 1.16 bits per heavy atom. The molecule has 1 aromatic heterocycles. The first kappa shape index (κ1) is 29.9. The summed E-state index contributed by atoms with van der Waals surface area (Å²) in [5.41, 5.74) is 0.570. The van der Waals surface area contributed by atoms with Crippen LogP contribution in [0.1, 0.15) is 35.2 Å². The zero-order valence-electron chi connectivity index (χ0n) is 19.8. The molecule has 14 heteroatoms. The number of carbonyl (C=O) groups is 4. The second-order valence-electron chi connectivity index (χ2n) is 7.70. The topological polar surface area (TPSA) is 169 Å². The molecule has 11 nitrogen and oxygen atoms in total. The van der Waals surface area contributed by atoms with Crippen molar-refractivity contribution in [1.29, 1.82) is 0 Å². The van der Waals surface area contributed by atoms with Crippen LogP contribution in [0.25, 0.3) is 0 Å². The van der Waals surface area contributed by atoms with Crippen molar-refractivity contribution in [1.82, 2.24) is 15.0 Å². The highest BCUT2D eigenvalue weighted by atomic mass is 32.2. The number of nitrogens with zero attached hydrogens (tertiary/aromatic N) is 1. The second-order valence-corrected chi connectivity index (χ2v) is 10.4. The maximum atomic E-state index is 13.0. The standard InChI is InChI=1S/C23H26FN3O8S2/c1-35-22(31)3-2-8-26-37(33,34)18-9-16(11-25-12-18)23(32)27-19(10-21(29)30)20(28)14-36-13-15-4-6-17(24)7-5-15/h4-7,9,11-12,19,26H,2-3,8,10,13-14H2,1H3,(H,27,32)(H,29,30)/t19-/m0/s1. The van der Waals surface area contributed by atoms with E-state index in [1.54, 1.807) is 12.1 Å². The lowest BCUT2D eigenvalue weighted by Gasteiger charge is -2.16. The van der Waals surface area contributed by atoms with Crippen LogP contribution in [-0.2, 0) is 34.9 Å². The summed E-state index contributed by atoms with van der Waals surface area (Å²) in [7, 11) is -2.84. The Bertz CT molecular complexity index is 1220. The predicted octanol–water partition coefficient (Wildman–Crippen LogP) is 1.53. The number of amides is 1. The third-order valence-corrected chi connectivity index (χ3v) is 7.32. The normalized spacial score (nSPS) is 11.9. The number of esters is 1. The van der Waals surface area contributed by atoms with Crippen LogP contribution in [0.4, 0.5) is 4.39 Å². The van der Waals surface area contributed by atoms with Gasteiger partial charge in [-0.2, -0.15) is 0 Å². The molecule has 2 aromatic rings. The molecular formula is C23H26FN3O8S2. The van der Waals surface area contributed by atoms with Gasteiger partial charge in [0, 0.05) is 31.1 Å². The molecule has 0 aliphatic heterocycles. The molecule has 0 saturated carbocycles. The Labute approximate surface area is 217 Å². The number of aliphatic carboxylic acids is 1. The summed E-state index contributed by atoms with van der Waals surface area (Å²) < 4.78 is 44.8. The largest absolute Gasteiger partial charge is 0.481 e. The number of pyridine rings is 1. The lowest BCUT2D eigenvalue weighted by Crippen LogP contribution is -2.43. The molecule has 0 unspecified atom stereocenters. The molecule has 1 amide bonds. The Morgan fingerprint density at radius 2 is 1.86 bits per heavy atom. The lowest BCUT2D eigenvalue weighted by atomic mass is 10.1. The molecule has 1 aromatic carbocycles. The molecule has 37 heavy (non-hydrogen) atoms. The fraction of sp³-hybridized carbons (Fsp3) is 0.348. The van der Waals surface area contributed by atoms with E-state index in [9.17, 15) is 37.1 Å². The zero-order valence-corrected chi connectivity index (χ0v) is 21.4. The first-order chi connectivity index (χ1) is 17.5.